The van der Waals surface area contributed by atoms with E-state index >= 15 is 0 Å². The first-order valence-corrected chi connectivity index (χ1v) is 16.3. The molecule has 0 radical (unpaired) electrons. The van der Waals surface area contributed by atoms with Crippen LogP contribution < -0.4 is 4.90 Å². The van der Waals surface area contributed by atoms with Crippen LogP contribution in [0.25, 0.3) is 66.1 Å². The van der Waals surface area contributed by atoms with Gasteiger partial charge in [-0.3, -0.25) is 0 Å². The van der Waals surface area contributed by atoms with Crippen LogP contribution in [0.3, 0.4) is 0 Å². The lowest BCUT2D eigenvalue weighted by Crippen LogP contribution is -2.09. The molecule has 2 nitrogen and oxygen atoms in total. The van der Waals surface area contributed by atoms with E-state index in [1.165, 1.54) is 33.0 Å². The van der Waals surface area contributed by atoms with Crippen LogP contribution >= 0.6 is 0 Å². The van der Waals surface area contributed by atoms with Crippen LogP contribution in [-0.4, -0.2) is 0 Å². The van der Waals surface area contributed by atoms with E-state index in [4.69, 9.17) is 4.42 Å². The highest BCUT2D eigenvalue weighted by Crippen LogP contribution is 2.39. The zero-order valence-corrected chi connectivity index (χ0v) is 26.3. The summed E-state index contributed by atoms with van der Waals surface area (Å²) in [6.45, 7) is 0. The molecule has 1 heterocycles. The summed E-state index contributed by atoms with van der Waals surface area (Å²) in [6, 6.07) is 66.8. The van der Waals surface area contributed by atoms with E-state index in [1.54, 1.807) is 0 Å². The molecule has 0 saturated heterocycles. The Labute approximate surface area is 279 Å². The third kappa shape index (κ3) is 4.92. The molecule has 0 fully saturated rings. The van der Waals surface area contributed by atoms with Gasteiger partial charge in [-0.2, -0.15) is 0 Å². The molecule has 0 aliphatic rings. The first kappa shape index (κ1) is 27.9. The fourth-order valence-electron chi connectivity index (χ4n) is 6.91. The Bertz CT molecular complexity index is 2520. The molecule has 0 unspecified atom stereocenters. The molecule has 226 valence electrons. The SMILES string of the molecule is c1ccc(N(c2ccc(-c3ccc(-c4cccc5c4oc4ccccc45)cc3)cc2)c2ccc(-c3cccc4ccccc34)cc2)cc1. The van der Waals surface area contributed by atoms with E-state index in [-0.39, 0.29) is 0 Å². The quantitative estimate of drug-likeness (QED) is 0.185. The summed E-state index contributed by atoms with van der Waals surface area (Å²) in [5, 5.41) is 4.82. The minimum absolute atomic E-state index is 0.918. The molecular formula is C46H31NO. The second-order valence-electron chi connectivity index (χ2n) is 12.1. The lowest BCUT2D eigenvalue weighted by molar-refractivity contribution is 0.670. The van der Waals surface area contributed by atoms with Crippen LogP contribution in [0, 0.1) is 0 Å². The number of rotatable bonds is 6. The number of nitrogens with zero attached hydrogens (tertiary/aromatic N) is 1. The first-order chi connectivity index (χ1) is 23.8. The van der Waals surface area contributed by atoms with Crippen molar-refractivity contribution in [2.45, 2.75) is 0 Å². The molecular weight excluding hydrogens is 583 g/mol. The van der Waals surface area contributed by atoms with E-state index in [2.05, 4.69) is 181 Å². The Kier molecular flexibility index (Phi) is 6.84. The van der Waals surface area contributed by atoms with Crippen LogP contribution in [0.15, 0.2) is 192 Å². The van der Waals surface area contributed by atoms with Gasteiger partial charge in [-0.15, -0.1) is 0 Å². The monoisotopic (exact) mass is 613 g/mol. The van der Waals surface area contributed by atoms with E-state index in [0.717, 1.165) is 50.1 Å². The maximum absolute atomic E-state index is 6.30. The van der Waals surface area contributed by atoms with Crippen LogP contribution in [0.2, 0.25) is 0 Å². The van der Waals surface area contributed by atoms with Gasteiger partial charge in [0.15, 0.2) is 0 Å². The molecule has 1 aromatic heterocycles. The highest BCUT2D eigenvalue weighted by Gasteiger charge is 2.15. The number of para-hydroxylation sites is 3. The van der Waals surface area contributed by atoms with Gasteiger partial charge in [0.1, 0.15) is 11.2 Å². The van der Waals surface area contributed by atoms with Crippen LogP contribution in [0.1, 0.15) is 0 Å². The Balaban J connectivity index is 1.03. The van der Waals surface area contributed by atoms with Gasteiger partial charge in [0.2, 0.25) is 0 Å². The van der Waals surface area contributed by atoms with Crippen molar-refractivity contribution >= 4 is 49.8 Å². The summed E-state index contributed by atoms with van der Waals surface area (Å²) in [5.41, 5.74) is 12.2. The molecule has 2 heteroatoms. The van der Waals surface area contributed by atoms with Crippen molar-refractivity contribution in [3.05, 3.63) is 188 Å². The van der Waals surface area contributed by atoms with E-state index in [1.807, 2.05) is 12.1 Å². The highest BCUT2D eigenvalue weighted by molar-refractivity contribution is 6.09. The molecule has 0 aliphatic carbocycles. The van der Waals surface area contributed by atoms with Crippen molar-refractivity contribution in [2.75, 3.05) is 4.90 Å². The number of anilines is 3. The Morgan fingerprint density at radius 3 is 1.54 bits per heavy atom. The minimum Gasteiger partial charge on any atom is -0.455 e. The summed E-state index contributed by atoms with van der Waals surface area (Å²) < 4.78 is 6.30. The Morgan fingerprint density at radius 1 is 0.312 bits per heavy atom. The van der Waals surface area contributed by atoms with E-state index < -0.39 is 0 Å². The molecule has 0 bridgehead atoms. The predicted molar refractivity (Wildman–Crippen MR) is 202 cm³/mol. The molecule has 0 spiro atoms. The smallest absolute Gasteiger partial charge is 0.143 e. The summed E-state index contributed by atoms with van der Waals surface area (Å²) in [4.78, 5) is 2.31. The van der Waals surface area contributed by atoms with Gasteiger partial charge in [-0.25, -0.2) is 0 Å². The zero-order valence-electron chi connectivity index (χ0n) is 26.3. The summed E-state index contributed by atoms with van der Waals surface area (Å²) in [7, 11) is 0. The molecule has 8 aromatic carbocycles. The fraction of sp³-hybridized carbons (Fsp3) is 0. The van der Waals surface area contributed by atoms with Crippen molar-refractivity contribution in [1.29, 1.82) is 0 Å². The Hall–Kier alpha value is -6.38. The maximum atomic E-state index is 6.30. The maximum Gasteiger partial charge on any atom is 0.143 e. The first-order valence-electron chi connectivity index (χ1n) is 16.3. The summed E-state index contributed by atoms with van der Waals surface area (Å²) in [5.74, 6) is 0. The molecule has 0 saturated carbocycles. The molecule has 48 heavy (non-hydrogen) atoms. The Morgan fingerprint density at radius 2 is 0.792 bits per heavy atom. The molecule has 9 rings (SSSR count). The van der Waals surface area contributed by atoms with Gasteiger partial charge < -0.3 is 9.32 Å². The van der Waals surface area contributed by atoms with Crippen molar-refractivity contribution in [1.82, 2.24) is 0 Å². The summed E-state index contributed by atoms with van der Waals surface area (Å²) in [6.07, 6.45) is 0. The summed E-state index contributed by atoms with van der Waals surface area (Å²) >= 11 is 0. The van der Waals surface area contributed by atoms with Crippen LogP contribution in [-0.2, 0) is 0 Å². The van der Waals surface area contributed by atoms with Gasteiger partial charge >= 0.3 is 0 Å². The van der Waals surface area contributed by atoms with Gasteiger partial charge in [0.25, 0.3) is 0 Å². The number of furan rings is 1. The third-order valence-electron chi connectivity index (χ3n) is 9.30. The van der Waals surface area contributed by atoms with E-state index in [0.29, 0.717) is 0 Å². The fourth-order valence-corrected chi connectivity index (χ4v) is 6.91. The molecule has 0 aliphatic heterocycles. The highest BCUT2D eigenvalue weighted by atomic mass is 16.3. The number of benzene rings is 8. The minimum atomic E-state index is 0.918. The molecule has 0 N–H and O–H groups in total. The van der Waals surface area contributed by atoms with Crippen molar-refractivity contribution in [3.8, 4) is 33.4 Å². The van der Waals surface area contributed by atoms with Gasteiger partial charge in [-0.1, -0.05) is 146 Å². The topological polar surface area (TPSA) is 16.4 Å². The normalized spacial score (nSPS) is 11.3. The molecule has 0 atom stereocenters. The number of hydrogen-bond donors (Lipinski definition) is 0. The average molecular weight is 614 g/mol. The van der Waals surface area contributed by atoms with E-state index in [9.17, 15) is 0 Å². The van der Waals surface area contributed by atoms with Crippen molar-refractivity contribution in [2.24, 2.45) is 0 Å². The standard InChI is InChI=1S/C46H31NO/c1-2-12-37(13-3-1)47(39-30-26-35(27-31-39)41-16-8-11-34-10-4-5-14-40(34)41)38-28-24-33(25-29-38)32-20-22-36(23-21-32)42-17-9-18-44-43-15-6-7-19-45(43)48-46(42)44/h1-31H. The van der Waals surface area contributed by atoms with Gasteiger partial charge in [-0.05, 0) is 81.1 Å². The van der Waals surface area contributed by atoms with Crippen molar-refractivity contribution < 1.29 is 4.42 Å². The van der Waals surface area contributed by atoms with Crippen LogP contribution in [0.4, 0.5) is 17.1 Å². The number of hydrogen-bond acceptors (Lipinski definition) is 2. The average Bonchev–Trinajstić information content (AvgIpc) is 3.55. The second-order valence-corrected chi connectivity index (χ2v) is 12.1. The third-order valence-corrected chi connectivity index (χ3v) is 9.30. The lowest BCUT2D eigenvalue weighted by Gasteiger charge is -2.26. The second kappa shape index (κ2) is 11.8. The molecule has 9 aromatic rings. The van der Waals surface area contributed by atoms with Gasteiger partial charge in [0, 0.05) is 33.4 Å². The van der Waals surface area contributed by atoms with Crippen molar-refractivity contribution in [3.63, 3.8) is 0 Å². The largest absolute Gasteiger partial charge is 0.455 e. The van der Waals surface area contributed by atoms with Gasteiger partial charge in [0.05, 0.1) is 0 Å². The van der Waals surface area contributed by atoms with Crippen LogP contribution in [0.5, 0.6) is 0 Å². The zero-order chi connectivity index (χ0) is 31.9. The predicted octanol–water partition coefficient (Wildman–Crippen LogP) is 13.2. The number of fused-ring (bicyclic) bond motifs is 4. The molecule has 0 amide bonds. The lowest BCUT2D eigenvalue weighted by atomic mass is 9.98.